The molecule has 0 amide bonds. The minimum atomic E-state index is -4.22. The van der Waals surface area contributed by atoms with Gasteiger partial charge in [-0.1, -0.05) is 20.3 Å². The quantitative estimate of drug-likeness (QED) is 0.722. The molecular formula is C13H18F3NS. The number of nitrogens with one attached hydrogen (secondary N) is 1. The Morgan fingerprint density at radius 1 is 1.22 bits per heavy atom. The highest BCUT2D eigenvalue weighted by Gasteiger charge is 2.28. The molecule has 18 heavy (non-hydrogen) atoms. The summed E-state index contributed by atoms with van der Waals surface area (Å²) in [6.07, 6.45) is 2.29. The Bertz CT molecular complexity index is 348. The van der Waals surface area contributed by atoms with Crippen LogP contribution in [0.1, 0.15) is 26.7 Å². The van der Waals surface area contributed by atoms with Gasteiger partial charge in [-0.05, 0) is 48.4 Å². The molecule has 0 saturated carbocycles. The summed E-state index contributed by atoms with van der Waals surface area (Å²) in [5.74, 6) is 0.569. The predicted octanol–water partition coefficient (Wildman–Crippen LogP) is 5.15. The number of benzene rings is 1. The summed E-state index contributed by atoms with van der Waals surface area (Å²) in [6, 6.07) is 6.36. The lowest BCUT2D eigenvalue weighted by Gasteiger charge is -2.13. The van der Waals surface area contributed by atoms with Gasteiger partial charge in [0.2, 0.25) is 0 Å². The molecule has 1 aromatic carbocycles. The molecular weight excluding hydrogens is 259 g/mol. The van der Waals surface area contributed by atoms with Crippen molar-refractivity contribution in [3.8, 4) is 0 Å². The van der Waals surface area contributed by atoms with E-state index in [1.165, 1.54) is 12.1 Å². The maximum absolute atomic E-state index is 12.1. The molecule has 0 aliphatic rings. The molecule has 1 rings (SSSR count). The van der Waals surface area contributed by atoms with Crippen LogP contribution in [-0.4, -0.2) is 12.1 Å². The number of hydrogen-bond donors (Lipinski definition) is 1. The van der Waals surface area contributed by atoms with Crippen molar-refractivity contribution in [1.29, 1.82) is 0 Å². The average Bonchev–Trinajstić information content (AvgIpc) is 2.26. The first-order valence-corrected chi connectivity index (χ1v) is 6.82. The van der Waals surface area contributed by atoms with Crippen LogP contribution in [-0.2, 0) is 0 Å². The van der Waals surface area contributed by atoms with Crippen LogP contribution in [0.4, 0.5) is 18.9 Å². The maximum atomic E-state index is 12.1. The molecule has 0 fully saturated rings. The maximum Gasteiger partial charge on any atom is 0.446 e. The first kappa shape index (κ1) is 15.2. The van der Waals surface area contributed by atoms with Crippen LogP contribution in [0.15, 0.2) is 29.2 Å². The Hall–Kier alpha value is -0.840. The van der Waals surface area contributed by atoms with Gasteiger partial charge in [0.1, 0.15) is 0 Å². The zero-order valence-corrected chi connectivity index (χ0v) is 11.4. The topological polar surface area (TPSA) is 12.0 Å². The predicted molar refractivity (Wildman–Crippen MR) is 70.9 cm³/mol. The van der Waals surface area contributed by atoms with Gasteiger partial charge in [0.15, 0.2) is 0 Å². The largest absolute Gasteiger partial charge is 0.446 e. The molecule has 0 aromatic heterocycles. The van der Waals surface area contributed by atoms with E-state index in [9.17, 15) is 13.2 Å². The van der Waals surface area contributed by atoms with Crippen LogP contribution in [0, 0.1) is 5.92 Å². The molecule has 1 aromatic rings. The summed E-state index contributed by atoms with van der Waals surface area (Å²) in [6.45, 7) is 5.14. The van der Waals surface area contributed by atoms with E-state index >= 15 is 0 Å². The normalized spacial score (nSPS) is 13.4. The highest BCUT2D eigenvalue weighted by Crippen LogP contribution is 2.37. The van der Waals surface area contributed by atoms with Gasteiger partial charge in [-0.2, -0.15) is 13.2 Å². The fraction of sp³-hybridized carbons (Fsp3) is 0.538. The number of alkyl halides is 3. The molecule has 5 heteroatoms. The van der Waals surface area contributed by atoms with Gasteiger partial charge in [0, 0.05) is 17.1 Å². The molecule has 1 nitrogen and oxygen atoms in total. The van der Waals surface area contributed by atoms with Gasteiger partial charge < -0.3 is 5.32 Å². The van der Waals surface area contributed by atoms with Crippen molar-refractivity contribution in [2.75, 3.05) is 11.9 Å². The van der Waals surface area contributed by atoms with Crippen molar-refractivity contribution in [2.45, 2.75) is 37.1 Å². The molecule has 0 aliphatic carbocycles. The Labute approximate surface area is 110 Å². The van der Waals surface area contributed by atoms with E-state index < -0.39 is 5.51 Å². The number of anilines is 1. The second-order valence-electron chi connectivity index (χ2n) is 4.35. The molecule has 0 bridgehead atoms. The van der Waals surface area contributed by atoms with Crippen LogP contribution < -0.4 is 5.32 Å². The number of halogens is 3. The third-order valence-electron chi connectivity index (χ3n) is 2.52. The number of rotatable bonds is 6. The van der Waals surface area contributed by atoms with Gasteiger partial charge in [-0.3, -0.25) is 0 Å². The first-order chi connectivity index (χ1) is 8.40. The molecule has 0 saturated heterocycles. The molecule has 1 atom stereocenters. The van der Waals surface area contributed by atoms with Crippen LogP contribution in [0.25, 0.3) is 0 Å². The Balaban J connectivity index is 2.45. The van der Waals surface area contributed by atoms with Crippen molar-refractivity contribution in [1.82, 2.24) is 0 Å². The van der Waals surface area contributed by atoms with Crippen LogP contribution in [0.5, 0.6) is 0 Å². The standard InChI is InChI=1S/C13H18F3NS/c1-3-4-10(2)9-17-11-5-7-12(8-6-11)18-13(14,15)16/h5-8,10,17H,3-4,9H2,1-2H3. The third-order valence-corrected chi connectivity index (χ3v) is 3.26. The average molecular weight is 277 g/mol. The molecule has 0 aliphatic heterocycles. The van der Waals surface area contributed by atoms with Crippen molar-refractivity contribution in [3.63, 3.8) is 0 Å². The summed E-state index contributed by atoms with van der Waals surface area (Å²) < 4.78 is 36.4. The Morgan fingerprint density at radius 2 is 1.83 bits per heavy atom. The highest BCUT2D eigenvalue weighted by atomic mass is 32.2. The van der Waals surface area contributed by atoms with Gasteiger partial charge >= 0.3 is 5.51 Å². The first-order valence-electron chi connectivity index (χ1n) is 6.00. The monoisotopic (exact) mass is 277 g/mol. The zero-order chi connectivity index (χ0) is 13.6. The molecule has 0 spiro atoms. The Kier molecular flexibility index (Phi) is 5.85. The van der Waals surface area contributed by atoms with E-state index in [2.05, 4.69) is 19.2 Å². The second kappa shape index (κ2) is 6.92. The van der Waals surface area contributed by atoms with Crippen molar-refractivity contribution in [2.24, 2.45) is 5.92 Å². The summed E-state index contributed by atoms with van der Waals surface area (Å²) in [5, 5.41) is 3.23. The summed E-state index contributed by atoms with van der Waals surface area (Å²) in [4.78, 5) is 0.217. The lowest BCUT2D eigenvalue weighted by Crippen LogP contribution is -2.10. The zero-order valence-electron chi connectivity index (χ0n) is 10.6. The summed E-state index contributed by atoms with van der Waals surface area (Å²) >= 11 is -0.0858. The van der Waals surface area contributed by atoms with Crippen molar-refractivity contribution >= 4 is 17.4 Å². The lowest BCUT2D eigenvalue weighted by atomic mass is 10.1. The Morgan fingerprint density at radius 3 is 2.33 bits per heavy atom. The SMILES string of the molecule is CCCC(C)CNc1ccc(SC(F)(F)F)cc1. The van der Waals surface area contributed by atoms with Gasteiger partial charge in [-0.25, -0.2) is 0 Å². The summed E-state index contributed by atoms with van der Waals surface area (Å²) in [5.41, 5.74) is -3.35. The van der Waals surface area contributed by atoms with E-state index in [1.807, 2.05) is 0 Å². The lowest BCUT2D eigenvalue weighted by molar-refractivity contribution is -0.0328. The second-order valence-corrected chi connectivity index (χ2v) is 5.49. The van der Waals surface area contributed by atoms with E-state index in [-0.39, 0.29) is 16.7 Å². The molecule has 102 valence electrons. The molecule has 1 N–H and O–H groups in total. The van der Waals surface area contributed by atoms with Crippen LogP contribution in [0.3, 0.4) is 0 Å². The van der Waals surface area contributed by atoms with E-state index in [4.69, 9.17) is 0 Å². The molecule has 1 unspecified atom stereocenters. The van der Waals surface area contributed by atoms with E-state index in [0.29, 0.717) is 5.92 Å². The smallest absolute Gasteiger partial charge is 0.385 e. The van der Waals surface area contributed by atoms with Gasteiger partial charge in [0.05, 0.1) is 0 Å². The molecule has 0 heterocycles. The van der Waals surface area contributed by atoms with Gasteiger partial charge in [-0.15, -0.1) is 0 Å². The van der Waals surface area contributed by atoms with E-state index in [0.717, 1.165) is 25.1 Å². The third kappa shape index (κ3) is 6.19. The van der Waals surface area contributed by atoms with Gasteiger partial charge in [0.25, 0.3) is 0 Å². The minimum Gasteiger partial charge on any atom is -0.385 e. The fourth-order valence-electron chi connectivity index (χ4n) is 1.66. The number of thioether (sulfide) groups is 1. The van der Waals surface area contributed by atoms with Crippen molar-refractivity contribution < 1.29 is 13.2 Å². The fourth-order valence-corrected chi connectivity index (χ4v) is 2.20. The van der Waals surface area contributed by atoms with E-state index in [1.54, 1.807) is 12.1 Å². The summed E-state index contributed by atoms with van der Waals surface area (Å²) in [7, 11) is 0. The van der Waals surface area contributed by atoms with Crippen LogP contribution >= 0.6 is 11.8 Å². The minimum absolute atomic E-state index is 0.0858. The molecule has 0 radical (unpaired) electrons. The number of hydrogen-bond acceptors (Lipinski definition) is 2. The van der Waals surface area contributed by atoms with Crippen LogP contribution in [0.2, 0.25) is 0 Å². The highest BCUT2D eigenvalue weighted by molar-refractivity contribution is 8.00. The van der Waals surface area contributed by atoms with Crippen molar-refractivity contribution in [3.05, 3.63) is 24.3 Å².